The molecule has 0 fully saturated rings. The van der Waals surface area contributed by atoms with Crippen molar-refractivity contribution in [1.82, 2.24) is 0 Å². The van der Waals surface area contributed by atoms with Gasteiger partial charge in [-0.15, -0.1) is 34.8 Å². The van der Waals surface area contributed by atoms with Gasteiger partial charge in [0.15, 0.2) is 4.33 Å². The van der Waals surface area contributed by atoms with Gasteiger partial charge in [-0.2, -0.15) is 0 Å². The second-order valence-corrected chi connectivity index (χ2v) is 11.1. The van der Waals surface area contributed by atoms with Crippen molar-refractivity contribution >= 4 is 128 Å². The highest BCUT2D eigenvalue weighted by molar-refractivity contribution is 6.68. The van der Waals surface area contributed by atoms with Gasteiger partial charge in [0, 0.05) is 5.57 Å². The first-order valence-corrected chi connectivity index (χ1v) is 11.3. The lowest BCUT2D eigenvalue weighted by Crippen LogP contribution is -2.49. The van der Waals surface area contributed by atoms with Crippen molar-refractivity contribution in [3.05, 3.63) is 41.9 Å². The zero-order valence-electron chi connectivity index (χ0n) is 14.4. The van der Waals surface area contributed by atoms with Crippen LogP contribution in [0.5, 0.6) is 0 Å². The number of allylic oxidation sites excluding steroid dienone is 6. The molecule has 3 aliphatic rings. The number of fused-ring (bicyclic) bond motifs is 2. The number of hydrogen-bond acceptors (Lipinski definition) is 4. The molecule has 30 heavy (non-hydrogen) atoms. The molecule has 4 nitrogen and oxygen atoms in total. The van der Waals surface area contributed by atoms with Crippen molar-refractivity contribution in [1.29, 1.82) is 0 Å². The predicted octanol–water partition coefficient (Wildman–Crippen LogP) is 6.65. The molecule has 0 unspecified atom stereocenters. The van der Waals surface area contributed by atoms with Gasteiger partial charge in [-0.25, -0.2) is 9.59 Å². The van der Waals surface area contributed by atoms with Crippen LogP contribution in [0.1, 0.15) is 0 Å². The number of ether oxygens (including phenoxy) is 2. The maximum absolute atomic E-state index is 12.7. The Morgan fingerprint density at radius 1 is 0.667 bits per heavy atom. The van der Waals surface area contributed by atoms with E-state index in [0.29, 0.717) is 0 Å². The van der Waals surface area contributed by atoms with E-state index in [0.717, 1.165) is 14.2 Å². The van der Waals surface area contributed by atoms with Crippen LogP contribution in [-0.2, 0) is 19.1 Å². The summed E-state index contributed by atoms with van der Waals surface area (Å²) in [4.78, 5) is 18.6. The number of carbonyl (C=O) groups is 2. The van der Waals surface area contributed by atoms with E-state index < -0.39 is 47.1 Å². The molecule has 14 heteroatoms. The number of rotatable bonds is 3. The number of carbonyl (C=O) groups excluding carboxylic acids is 2. The van der Waals surface area contributed by atoms with Gasteiger partial charge < -0.3 is 9.47 Å². The fraction of sp³-hybridized carbons (Fsp3) is 0.375. The lowest BCUT2D eigenvalue weighted by atomic mass is 9.82. The molecule has 3 aliphatic carbocycles. The van der Waals surface area contributed by atoms with E-state index in [9.17, 15) is 9.59 Å². The smallest absolute Gasteiger partial charge is 0.336 e. The van der Waals surface area contributed by atoms with E-state index in [-0.39, 0.29) is 25.7 Å². The molecular formula is C16H6Cl10O4. The van der Waals surface area contributed by atoms with E-state index in [1.165, 1.54) is 0 Å². The molecule has 0 aromatic carbocycles. The third-order valence-electron chi connectivity index (χ3n) is 4.98. The van der Waals surface area contributed by atoms with Crippen LogP contribution in [0.2, 0.25) is 0 Å². The Bertz CT molecular complexity index is 1010. The summed E-state index contributed by atoms with van der Waals surface area (Å²) in [7, 11) is 2.07. The fourth-order valence-corrected chi connectivity index (χ4v) is 7.87. The van der Waals surface area contributed by atoms with Crippen molar-refractivity contribution in [2.45, 2.75) is 19.0 Å². The van der Waals surface area contributed by atoms with Gasteiger partial charge in [0.1, 0.15) is 14.6 Å². The molecule has 164 valence electrons. The van der Waals surface area contributed by atoms with Gasteiger partial charge in [0.05, 0.1) is 50.5 Å². The Kier molecular flexibility index (Phi) is 6.49. The Labute approximate surface area is 220 Å². The average Bonchev–Trinajstić information content (AvgIpc) is 3.00. The van der Waals surface area contributed by atoms with Gasteiger partial charge >= 0.3 is 11.9 Å². The maximum Gasteiger partial charge on any atom is 0.336 e. The molecule has 2 bridgehead atoms. The van der Waals surface area contributed by atoms with Crippen molar-refractivity contribution in [3.63, 3.8) is 0 Å². The summed E-state index contributed by atoms with van der Waals surface area (Å²) in [6.45, 7) is 0. The van der Waals surface area contributed by atoms with Crippen LogP contribution in [0, 0.1) is 0 Å². The highest BCUT2D eigenvalue weighted by Crippen LogP contribution is 2.77. The second-order valence-electron chi connectivity index (χ2n) is 6.23. The molecule has 0 aliphatic heterocycles. The highest BCUT2D eigenvalue weighted by Gasteiger charge is 2.83. The van der Waals surface area contributed by atoms with Crippen LogP contribution in [0.15, 0.2) is 41.9 Å². The molecule has 0 saturated carbocycles. The Morgan fingerprint density at radius 3 is 1.40 bits per heavy atom. The molecule has 0 spiro atoms. The topological polar surface area (TPSA) is 52.6 Å². The van der Waals surface area contributed by atoms with Crippen LogP contribution in [0.25, 0.3) is 0 Å². The predicted molar refractivity (Wildman–Crippen MR) is 122 cm³/mol. The van der Waals surface area contributed by atoms with E-state index in [4.69, 9.17) is 125 Å². The SMILES string of the molecule is COC(=O)C1=C(C(=O)OC)[C@]2(Cl)C(C3(Cl)C(Cl)=C(Cl)C(Cl)=C3Cl)=C(Cl)[C@@]1(Cl)C2(Cl)Cl. The molecule has 0 radical (unpaired) electrons. The molecule has 0 N–H and O–H groups in total. The van der Waals surface area contributed by atoms with Crippen LogP contribution in [0.4, 0.5) is 0 Å². The molecule has 0 heterocycles. The quantitative estimate of drug-likeness (QED) is 0.263. The number of esters is 2. The largest absolute Gasteiger partial charge is 0.466 e. The van der Waals surface area contributed by atoms with Crippen LogP contribution < -0.4 is 0 Å². The second kappa shape index (κ2) is 7.66. The van der Waals surface area contributed by atoms with Gasteiger partial charge in [0.2, 0.25) is 0 Å². The summed E-state index contributed by atoms with van der Waals surface area (Å²) in [5.74, 6) is -2.18. The lowest BCUT2D eigenvalue weighted by Gasteiger charge is -2.38. The van der Waals surface area contributed by atoms with Crippen LogP contribution in [-0.4, -0.2) is 45.1 Å². The van der Waals surface area contributed by atoms with Gasteiger partial charge in [0.25, 0.3) is 0 Å². The highest BCUT2D eigenvalue weighted by atomic mass is 35.5. The standard InChI is InChI=1S/C16H6Cl10O4/c1-29-11(27)3-4(12(28)30-2)15(24)10(21)7(14(3,23)16(15,25)26)13(22)8(19)5(17)6(18)9(13)20/h1-2H3/t14-,15+/m0/s1. The summed E-state index contributed by atoms with van der Waals surface area (Å²) >= 11 is 65.0. The number of methoxy groups -OCH3 is 2. The van der Waals surface area contributed by atoms with E-state index in [1.807, 2.05) is 0 Å². The molecule has 3 rings (SSSR count). The van der Waals surface area contributed by atoms with E-state index in [2.05, 4.69) is 0 Å². The molecule has 0 amide bonds. The third-order valence-corrected chi connectivity index (χ3v) is 11.1. The average molecular weight is 617 g/mol. The normalized spacial score (nSPS) is 31.9. The Morgan fingerprint density at radius 2 is 1.03 bits per heavy atom. The summed E-state index contributed by atoms with van der Waals surface area (Å²) in [5.41, 5.74) is -1.38. The summed E-state index contributed by atoms with van der Waals surface area (Å²) in [5, 5.41) is -1.41. The van der Waals surface area contributed by atoms with Crippen LogP contribution >= 0.6 is 116 Å². The molecule has 2 atom stereocenters. The third kappa shape index (κ3) is 2.58. The van der Waals surface area contributed by atoms with Crippen molar-refractivity contribution in [3.8, 4) is 0 Å². The number of alkyl halides is 5. The lowest BCUT2D eigenvalue weighted by molar-refractivity contribution is -0.139. The van der Waals surface area contributed by atoms with Crippen LogP contribution in [0.3, 0.4) is 0 Å². The minimum Gasteiger partial charge on any atom is -0.466 e. The summed E-state index contributed by atoms with van der Waals surface area (Å²) < 4.78 is 7.15. The molecule has 0 aromatic rings. The van der Waals surface area contributed by atoms with Gasteiger partial charge in [-0.3, -0.25) is 0 Å². The van der Waals surface area contributed by atoms with Gasteiger partial charge in [-0.1, -0.05) is 81.2 Å². The van der Waals surface area contributed by atoms with Crippen molar-refractivity contribution in [2.24, 2.45) is 0 Å². The number of halogens is 10. The molecule has 0 aromatic heterocycles. The monoisotopic (exact) mass is 612 g/mol. The number of hydrogen-bond donors (Lipinski definition) is 0. The zero-order chi connectivity index (χ0) is 23.2. The first kappa shape index (κ1) is 25.4. The van der Waals surface area contributed by atoms with Crippen molar-refractivity contribution < 1.29 is 19.1 Å². The summed E-state index contributed by atoms with van der Waals surface area (Å²) in [6.07, 6.45) is 0. The minimum absolute atomic E-state index is 0.200. The molecule has 0 saturated heterocycles. The van der Waals surface area contributed by atoms with Crippen molar-refractivity contribution in [2.75, 3.05) is 14.2 Å². The van der Waals surface area contributed by atoms with Gasteiger partial charge in [-0.05, 0) is 0 Å². The summed E-state index contributed by atoms with van der Waals surface area (Å²) in [6, 6.07) is 0. The zero-order valence-corrected chi connectivity index (χ0v) is 22.0. The Hall–Kier alpha value is 0.800. The Balaban J connectivity index is 2.49. The fourth-order valence-electron chi connectivity index (χ4n) is 3.64. The first-order valence-electron chi connectivity index (χ1n) is 7.52. The van der Waals surface area contributed by atoms with E-state index in [1.54, 1.807) is 0 Å². The van der Waals surface area contributed by atoms with E-state index >= 15 is 0 Å². The maximum atomic E-state index is 12.7. The minimum atomic E-state index is -2.36. The molecular weight excluding hydrogens is 611 g/mol. The first-order chi connectivity index (χ1) is 13.6.